The summed E-state index contributed by atoms with van der Waals surface area (Å²) in [4.78, 5) is 30.5. The highest BCUT2D eigenvalue weighted by molar-refractivity contribution is 5.80. The first-order valence-corrected chi connectivity index (χ1v) is 10.4. The van der Waals surface area contributed by atoms with Crippen molar-refractivity contribution in [1.82, 2.24) is 29.7 Å². The summed E-state index contributed by atoms with van der Waals surface area (Å²) in [7, 11) is 0. The van der Waals surface area contributed by atoms with Gasteiger partial charge in [-0.15, -0.1) is 0 Å². The lowest BCUT2D eigenvalue weighted by atomic mass is 10.1. The number of nitrogen functional groups attached to an aromatic ring is 1. The number of aryl methyl sites for hydroxylation is 1. The monoisotopic (exact) mass is 436 g/mol. The SMILES string of the molecule is CCC(Nc1ncnc(N)c1-c1noc(C)n1)c1nc2cccc(F)c2c(=O)n1C1CC1. The van der Waals surface area contributed by atoms with Crippen molar-refractivity contribution in [1.29, 1.82) is 0 Å². The van der Waals surface area contributed by atoms with Crippen molar-refractivity contribution < 1.29 is 8.91 Å². The average Bonchev–Trinajstić information content (AvgIpc) is 3.51. The molecule has 3 heterocycles. The molecule has 0 spiro atoms. The Labute approximate surface area is 181 Å². The van der Waals surface area contributed by atoms with Crippen LogP contribution in [0.3, 0.4) is 0 Å². The first-order chi connectivity index (χ1) is 15.5. The average molecular weight is 436 g/mol. The Morgan fingerprint density at radius 3 is 2.81 bits per heavy atom. The van der Waals surface area contributed by atoms with E-state index in [1.165, 1.54) is 12.4 Å². The zero-order chi connectivity index (χ0) is 22.4. The fraction of sp³-hybridized carbons (Fsp3) is 0.333. The Hall–Kier alpha value is -3.89. The van der Waals surface area contributed by atoms with E-state index in [0.29, 0.717) is 35.0 Å². The maximum Gasteiger partial charge on any atom is 0.264 e. The minimum absolute atomic E-state index is 0.000322. The van der Waals surface area contributed by atoms with E-state index in [2.05, 4.69) is 25.4 Å². The molecule has 1 saturated carbocycles. The van der Waals surface area contributed by atoms with Crippen molar-refractivity contribution in [3.8, 4) is 11.4 Å². The van der Waals surface area contributed by atoms with Crippen LogP contribution in [-0.2, 0) is 0 Å². The maximum atomic E-state index is 14.4. The normalized spacial score (nSPS) is 14.6. The van der Waals surface area contributed by atoms with E-state index in [4.69, 9.17) is 15.2 Å². The molecule has 0 aliphatic heterocycles. The molecule has 4 aromatic rings. The molecular formula is C21H21FN8O2. The molecule has 3 aromatic heterocycles. The van der Waals surface area contributed by atoms with Crippen LogP contribution in [0.25, 0.3) is 22.3 Å². The summed E-state index contributed by atoms with van der Waals surface area (Å²) >= 11 is 0. The van der Waals surface area contributed by atoms with Crippen LogP contribution in [-0.4, -0.2) is 29.7 Å². The Morgan fingerprint density at radius 1 is 1.31 bits per heavy atom. The molecule has 0 amide bonds. The Balaban J connectivity index is 1.64. The van der Waals surface area contributed by atoms with E-state index in [0.717, 1.165) is 12.8 Å². The summed E-state index contributed by atoms with van der Waals surface area (Å²) in [5.41, 5.74) is 6.44. The largest absolute Gasteiger partial charge is 0.383 e. The van der Waals surface area contributed by atoms with Gasteiger partial charge >= 0.3 is 0 Å². The van der Waals surface area contributed by atoms with E-state index < -0.39 is 11.9 Å². The fourth-order valence-electron chi connectivity index (χ4n) is 3.79. The molecule has 1 aromatic carbocycles. The maximum absolute atomic E-state index is 14.4. The van der Waals surface area contributed by atoms with Gasteiger partial charge in [0.2, 0.25) is 11.7 Å². The van der Waals surface area contributed by atoms with Crippen LogP contribution in [0, 0.1) is 12.7 Å². The van der Waals surface area contributed by atoms with Crippen molar-refractivity contribution in [2.75, 3.05) is 11.1 Å². The van der Waals surface area contributed by atoms with Gasteiger partial charge in [0.25, 0.3) is 5.56 Å². The third-order valence-electron chi connectivity index (χ3n) is 5.48. The molecule has 32 heavy (non-hydrogen) atoms. The molecule has 11 heteroatoms. The molecule has 1 aliphatic rings. The summed E-state index contributed by atoms with van der Waals surface area (Å²) < 4.78 is 21.1. The molecule has 0 saturated heterocycles. The molecule has 0 radical (unpaired) electrons. The summed E-state index contributed by atoms with van der Waals surface area (Å²) in [5.74, 6) is 1.16. The van der Waals surface area contributed by atoms with Gasteiger partial charge in [-0.2, -0.15) is 4.98 Å². The number of nitrogens with zero attached hydrogens (tertiary/aromatic N) is 6. The molecule has 0 bridgehead atoms. The number of aromatic nitrogens is 6. The van der Waals surface area contributed by atoms with Gasteiger partial charge in [0.05, 0.1) is 11.6 Å². The second kappa shape index (κ2) is 7.66. The van der Waals surface area contributed by atoms with Crippen LogP contribution in [0.2, 0.25) is 0 Å². The van der Waals surface area contributed by atoms with Gasteiger partial charge in [-0.05, 0) is 31.4 Å². The molecule has 1 atom stereocenters. The topological polar surface area (TPSA) is 138 Å². The highest BCUT2D eigenvalue weighted by Gasteiger charge is 2.32. The van der Waals surface area contributed by atoms with E-state index in [1.807, 2.05) is 6.92 Å². The van der Waals surface area contributed by atoms with Crippen molar-refractivity contribution >= 4 is 22.5 Å². The van der Waals surface area contributed by atoms with E-state index >= 15 is 0 Å². The number of benzene rings is 1. The Bertz CT molecular complexity index is 1380. The number of halogens is 1. The van der Waals surface area contributed by atoms with Crippen LogP contribution in [0.1, 0.15) is 50.0 Å². The van der Waals surface area contributed by atoms with Gasteiger partial charge in [-0.25, -0.2) is 19.3 Å². The first kappa shape index (κ1) is 20.0. The van der Waals surface area contributed by atoms with Gasteiger partial charge in [-0.1, -0.05) is 18.1 Å². The second-order valence-corrected chi connectivity index (χ2v) is 7.73. The zero-order valence-corrected chi connectivity index (χ0v) is 17.5. The minimum Gasteiger partial charge on any atom is -0.383 e. The molecule has 3 N–H and O–H groups in total. The molecular weight excluding hydrogens is 415 g/mol. The third-order valence-corrected chi connectivity index (χ3v) is 5.48. The smallest absolute Gasteiger partial charge is 0.264 e. The van der Waals surface area contributed by atoms with Gasteiger partial charge in [-0.3, -0.25) is 9.36 Å². The minimum atomic E-state index is -0.569. The molecule has 1 fully saturated rings. The first-order valence-electron chi connectivity index (χ1n) is 10.4. The highest BCUT2D eigenvalue weighted by atomic mass is 19.1. The molecule has 1 unspecified atom stereocenters. The van der Waals surface area contributed by atoms with Gasteiger partial charge < -0.3 is 15.6 Å². The number of nitrogens with one attached hydrogen (secondary N) is 1. The number of fused-ring (bicyclic) bond motifs is 1. The summed E-state index contributed by atoms with van der Waals surface area (Å²) in [6.07, 6.45) is 3.60. The number of hydrogen-bond acceptors (Lipinski definition) is 9. The van der Waals surface area contributed by atoms with Crippen molar-refractivity contribution in [2.45, 2.75) is 45.2 Å². The molecule has 10 nitrogen and oxygen atoms in total. The molecule has 5 rings (SSSR count). The number of hydrogen-bond donors (Lipinski definition) is 2. The highest BCUT2D eigenvalue weighted by Crippen LogP contribution is 2.38. The van der Waals surface area contributed by atoms with Crippen LogP contribution in [0.4, 0.5) is 16.0 Å². The number of rotatable bonds is 6. The Kier molecular flexibility index (Phi) is 4.80. The van der Waals surface area contributed by atoms with Crippen LogP contribution < -0.4 is 16.6 Å². The van der Waals surface area contributed by atoms with Gasteiger partial charge in [0, 0.05) is 13.0 Å². The predicted molar refractivity (Wildman–Crippen MR) is 115 cm³/mol. The van der Waals surface area contributed by atoms with Crippen LogP contribution >= 0.6 is 0 Å². The predicted octanol–water partition coefficient (Wildman–Crippen LogP) is 3.16. The lowest BCUT2D eigenvalue weighted by molar-refractivity contribution is 0.394. The van der Waals surface area contributed by atoms with Crippen LogP contribution in [0.15, 0.2) is 33.8 Å². The van der Waals surface area contributed by atoms with E-state index in [-0.39, 0.29) is 28.6 Å². The summed E-state index contributed by atoms with van der Waals surface area (Å²) in [6.45, 7) is 3.63. The Morgan fingerprint density at radius 2 is 2.12 bits per heavy atom. The van der Waals surface area contributed by atoms with Gasteiger partial charge in [0.1, 0.15) is 40.6 Å². The number of nitrogens with two attached hydrogens (primary N) is 1. The summed E-state index contributed by atoms with van der Waals surface area (Å²) in [6, 6.07) is 4.06. The number of anilines is 2. The standard InChI is InChI=1S/C21H21FN8O2/c1-3-13(27-18-16(17(23)24-9-25-18)19-26-10(2)32-29-19)20-28-14-6-4-5-12(22)15(14)21(31)30(20)11-7-8-11/h4-6,9,11,13H,3,7-8H2,1-2H3,(H3,23,24,25,27). The lowest BCUT2D eigenvalue weighted by Gasteiger charge is -2.23. The van der Waals surface area contributed by atoms with Gasteiger partial charge in [0.15, 0.2) is 0 Å². The van der Waals surface area contributed by atoms with E-state index in [1.54, 1.807) is 23.6 Å². The van der Waals surface area contributed by atoms with Crippen molar-refractivity contribution in [3.63, 3.8) is 0 Å². The fourth-order valence-corrected chi connectivity index (χ4v) is 3.79. The quantitative estimate of drug-likeness (QED) is 0.467. The lowest BCUT2D eigenvalue weighted by Crippen LogP contribution is -2.29. The zero-order valence-electron chi connectivity index (χ0n) is 17.5. The molecule has 164 valence electrons. The van der Waals surface area contributed by atoms with E-state index in [9.17, 15) is 9.18 Å². The van der Waals surface area contributed by atoms with Crippen molar-refractivity contribution in [2.24, 2.45) is 0 Å². The van der Waals surface area contributed by atoms with Crippen molar-refractivity contribution in [3.05, 3.63) is 52.4 Å². The van der Waals surface area contributed by atoms with Crippen LogP contribution in [0.5, 0.6) is 0 Å². The second-order valence-electron chi connectivity index (χ2n) is 7.73. The summed E-state index contributed by atoms with van der Waals surface area (Å²) in [5, 5.41) is 7.26. The molecule has 1 aliphatic carbocycles. The third kappa shape index (κ3) is 3.35.